The highest BCUT2D eigenvalue weighted by molar-refractivity contribution is 6.02. The fourth-order valence-electron chi connectivity index (χ4n) is 4.32. The number of benzene rings is 1. The second-order valence-corrected chi connectivity index (χ2v) is 7.91. The Hall–Kier alpha value is -2.36. The predicted octanol–water partition coefficient (Wildman–Crippen LogP) is 4.63. The lowest BCUT2D eigenvalue weighted by molar-refractivity contribution is 0.0667. The number of ketones is 1. The van der Waals surface area contributed by atoms with Gasteiger partial charge >= 0.3 is 0 Å². The van der Waals surface area contributed by atoms with Crippen molar-refractivity contribution in [3.8, 4) is 0 Å². The molecule has 1 N–H and O–H groups in total. The number of aromatic amines is 1. The van der Waals surface area contributed by atoms with Gasteiger partial charge in [-0.2, -0.15) is 0 Å². The van der Waals surface area contributed by atoms with Crippen LogP contribution in [0.5, 0.6) is 0 Å². The molecule has 27 heavy (non-hydrogen) atoms. The lowest BCUT2D eigenvalue weighted by atomic mass is 9.90. The van der Waals surface area contributed by atoms with Gasteiger partial charge in [-0.25, -0.2) is 0 Å². The molecule has 1 unspecified atom stereocenters. The third-order valence-corrected chi connectivity index (χ3v) is 5.89. The van der Waals surface area contributed by atoms with Crippen molar-refractivity contribution in [2.24, 2.45) is 5.92 Å². The Balaban J connectivity index is 1.68. The number of aromatic nitrogens is 1. The Morgan fingerprint density at radius 3 is 2.59 bits per heavy atom. The number of Topliss-reactive ketones (excluding diaryl/α,β-unsaturated/α-hetero) is 1. The number of rotatable bonds is 5. The van der Waals surface area contributed by atoms with Gasteiger partial charge in [0.15, 0.2) is 5.78 Å². The van der Waals surface area contributed by atoms with Crippen LogP contribution in [0.1, 0.15) is 69.4 Å². The first-order valence-corrected chi connectivity index (χ1v) is 9.92. The Kier molecular flexibility index (Phi) is 5.83. The Morgan fingerprint density at radius 2 is 1.93 bits per heavy atom. The van der Waals surface area contributed by atoms with E-state index in [4.69, 9.17) is 0 Å². The smallest absolute Gasteiger partial charge is 0.255 e. The molecule has 1 fully saturated rings. The lowest BCUT2D eigenvalue weighted by Crippen LogP contribution is -2.40. The summed E-state index contributed by atoms with van der Waals surface area (Å²) in [6, 6.07) is 8.55. The maximum atomic E-state index is 13.1. The van der Waals surface area contributed by atoms with Gasteiger partial charge in [-0.05, 0) is 69.1 Å². The molecule has 0 aliphatic carbocycles. The summed E-state index contributed by atoms with van der Waals surface area (Å²) in [6.07, 6.45) is 4.40. The maximum Gasteiger partial charge on any atom is 0.255 e. The molecule has 144 valence electrons. The molecule has 1 amide bonds. The summed E-state index contributed by atoms with van der Waals surface area (Å²) in [5, 5.41) is 0. The molecule has 2 heterocycles. The first-order chi connectivity index (χ1) is 12.9. The van der Waals surface area contributed by atoms with Crippen LogP contribution in [0.15, 0.2) is 24.3 Å². The number of piperidine rings is 1. The van der Waals surface area contributed by atoms with E-state index >= 15 is 0 Å². The number of carbonyl (C=O) groups excluding carboxylic acids is 2. The number of carbonyl (C=O) groups is 2. The molecule has 1 aromatic carbocycles. The third kappa shape index (κ3) is 4.15. The number of likely N-dealkylation sites (tertiary alicyclic amines) is 1. The molecule has 0 spiro atoms. The Labute approximate surface area is 162 Å². The standard InChI is InChI=1S/C23H30N2O2/c1-15-8-5-6-10-20(15)12-11-19-9-7-13-25(14-19)23(27)21-16(2)22(18(4)26)24-17(21)3/h5-6,8,10,19,24H,7,9,11-14H2,1-4H3. The van der Waals surface area contributed by atoms with Crippen LogP contribution in [0.25, 0.3) is 0 Å². The molecule has 4 heteroatoms. The third-order valence-electron chi connectivity index (χ3n) is 5.89. The summed E-state index contributed by atoms with van der Waals surface area (Å²) in [4.78, 5) is 30.0. The Bertz CT molecular complexity index is 850. The van der Waals surface area contributed by atoms with E-state index in [1.807, 2.05) is 18.7 Å². The number of aryl methyl sites for hydroxylation is 3. The highest BCUT2D eigenvalue weighted by Gasteiger charge is 2.28. The molecule has 0 bridgehead atoms. The van der Waals surface area contributed by atoms with Crippen molar-refractivity contribution in [3.05, 3.63) is 57.9 Å². The van der Waals surface area contributed by atoms with E-state index in [9.17, 15) is 9.59 Å². The van der Waals surface area contributed by atoms with E-state index in [1.165, 1.54) is 24.5 Å². The summed E-state index contributed by atoms with van der Waals surface area (Å²) in [5.41, 5.74) is 5.57. The van der Waals surface area contributed by atoms with Crippen molar-refractivity contribution in [2.45, 2.75) is 53.4 Å². The normalized spacial score (nSPS) is 17.2. The quantitative estimate of drug-likeness (QED) is 0.785. The van der Waals surface area contributed by atoms with Crippen LogP contribution in [-0.4, -0.2) is 34.7 Å². The molecule has 1 atom stereocenters. The van der Waals surface area contributed by atoms with Gasteiger partial charge in [0, 0.05) is 25.7 Å². The molecule has 4 nitrogen and oxygen atoms in total. The van der Waals surface area contributed by atoms with Crippen LogP contribution < -0.4 is 0 Å². The zero-order valence-corrected chi connectivity index (χ0v) is 16.9. The zero-order valence-electron chi connectivity index (χ0n) is 16.9. The molecule has 1 saturated heterocycles. The van der Waals surface area contributed by atoms with Gasteiger partial charge in [0.1, 0.15) is 0 Å². The molecular formula is C23H30N2O2. The predicted molar refractivity (Wildman–Crippen MR) is 108 cm³/mol. The van der Waals surface area contributed by atoms with Crippen LogP contribution >= 0.6 is 0 Å². The van der Waals surface area contributed by atoms with Gasteiger partial charge < -0.3 is 9.88 Å². The van der Waals surface area contributed by atoms with Crippen LogP contribution in [0.2, 0.25) is 0 Å². The monoisotopic (exact) mass is 366 g/mol. The number of H-pyrrole nitrogens is 1. The minimum Gasteiger partial charge on any atom is -0.355 e. The van der Waals surface area contributed by atoms with E-state index in [2.05, 4.69) is 36.2 Å². The zero-order chi connectivity index (χ0) is 19.6. The van der Waals surface area contributed by atoms with E-state index < -0.39 is 0 Å². The SMILES string of the molecule is CC(=O)c1[nH]c(C)c(C(=O)N2CCCC(CCc3ccccc3C)C2)c1C. The van der Waals surface area contributed by atoms with Crippen molar-refractivity contribution in [3.63, 3.8) is 0 Å². The summed E-state index contributed by atoms with van der Waals surface area (Å²) in [7, 11) is 0. The van der Waals surface area contributed by atoms with Crippen molar-refractivity contribution in [2.75, 3.05) is 13.1 Å². The van der Waals surface area contributed by atoms with Crippen LogP contribution in [-0.2, 0) is 6.42 Å². The minimum atomic E-state index is -0.0237. The van der Waals surface area contributed by atoms with Crippen molar-refractivity contribution in [1.29, 1.82) is 0 Å². The number of hydrogen-bond donors (Lipinski definition) is 1. The van der Waals surface area contributed by atoms with Gasteiger partial charge in [0.25, 0.3) is 5.91 Å². The second kappa shape index (κ2) is 8.12. The fraction of sp³-hybridized carbons (Fsp3) is 0.478. The molecule has 2 aromatic rings. The number of amides is 1. The number of nitrogens with one attached hydrogen (secondary N) is 1. The van der Waals surface area contributed by atoms with Crippen molar-refractivity contribution >= 4 is 11.7 Å². The number of nitrogens with zero attached hydrogens (tertiary/aromatic N) is 1. The first-order valence-electron chi connectivity index (χ1n) is 9.92. The summed E-state index contributed by atoms with van der Waals surface area (Å²) >= 11 is 0. The van der Waals surface area contributed by atoms with Gasteiger partial charge in [0.05, 0.1) is 11.3 Å². The van der Waals surface area contributed by atoms with E-state index in [0.29, 0.717) is 17.2 Å². The highest BCUT2D eigenvalue weighted by Crippen LogP contribution is 2.26. The van der Waals surface area contributed by atoms with Gasteiger partial charge in [-0.1, -0.05) is 24.3 Å². The topological polar surface area (TPSA) is 53.2 Å². The van der Waals surface area contributed by atoms with Gasteiger partial charge in [-0.3, -0.25) is 9.59 Å². The van der Waals surface area contributed by atoms with Crippen molar-refractivity contribution < 1.29 is 9.59 Å². The molecule has 0 saturated carbocycles. The highest BCUT2D eigenvalue weighted by atomic mass is 16.2. The van der Waals surface area contributed by atoms with E-state index in [0.717, 1.165) is 43.6 Å². The van der Waals surface area contributed by atoms with Gasteiger partial charge in [-0.15, -0.1) is 0 Å². The number of hydrogen-bond acceptors (Lipinski definition) is 2. The molecule has 1 aromatic heterocycles. The summed E-state index contributed by atoms with van der Waals surface area (Å²) in [5.74, 6) is 0.577. The first kappa shape index (κ1) is 19.4. The average molecular weight is 367 g/mol. The van der Waals surface area contributed by atoms with Crippen LogP contribution in [0.3, 0.4) is 0 Å². The van der Waals surface area contributed by atoms with Crippen molar-refractivity contribution in [1.82, 2.24) is 9.88 Å². The maximum absolute atomic E-state index is 13.1. The minimum absolute atomic E-state index is 0.0237. The second-order valence-electron chi connectivity index (χ2n) is 7.91. The summed E-state index contributed by atoms with van der Waals surface area (Å²) < 4.78 is 0. The largest absolute Gasteiger partial charge is 0.355 e. The van der Waals surface area contributed by atoms with E-state index in [-0.39, 0.29) is 11.7 Å². The molecule has 0 radical (unpaired) electrons. The van der Waals surface area contributed by atoms with Gasteiger partial charge in [0.2, 0.25) is 0 Å². The molecule has 1 aliphatic heterocycles. The van der Waals surface area contributed by atoms with Crippen LogP contribution in [0.4, 0.5) is 0 Å². The molecule has 3 rings (SSSR count). The fourth-order valence-corrected chi connectivity index (χ4v) is 4.32. The molecular weight excluding hydrogens is 336 g/mol. The lowest BCUT2D eigenvalue weighted by Gasteiger charge is -2.33. The molecule has 1 aliphatic rings. The van der Waals surface area contributed by atoms with Crippen LogP contribution in [0, 0.1) is 26.7 Å². The summed E-state index contributed by atoms with van der Waals surface area (Å²) in [6.45, 7) is 9.06. The average Bonchev–Trinajstić information content (AvgIpc) is 2.95. The Morgan fingerprint density at radius 1 is 1.19 bits per heavy atom. The van der Waals surface area contributed by atoms with E-state index in [1.54, 1.807) is 0 Å².